The number of nitrogens with two attached hydrogens (primary N) is 1. The molecular weight excluding hydrogens is 388 g/mol. The number of nitrogens with one attached hydrogen (secondary N) is 1. The average Bonchev–Trinajstić information content (AvgIpc) is 2.59. The van der Waals surface area contributed by atoms with E-state index < -0.39 is 23.9 Å². The molecule has 0 atom stereocenters. The van der Waals surface area contributed by atoms with Crippen LogP contribution in [0.3, 0.4) is 0 Å². The molecule has 148 valence electrons. The molecule has 0 radical (unpaired) electrons. The van der Waals surface area contributed by atoms with Gasteiger partial charge in [-0.05, 0) is 36.4 Å². The lowest BCUT2D eigenvalue weighted by Crippen LogP contribution is -2.24. The van der Waals surface area contributed by atoms with Crippen LogP contribution < -0.4 is 15.8 Å². The summed E-state index contributed by atoms with van der Waals surface area (Å²) in [5.74, 6) is 4.49. The number of nitrogens with zero attached hydrogens (tertiary/aromatic N) is 1. The lowest BCUT2D eigenvalue weighted by Gasteiger charge is -2.13. The number of guanidine groups is 1. The smallest absolute Gasteiger partial charge is 0.404 e. The summed E-state index contributed by atoms with van der Waals surface area (Å²) in [4.78, 5) is 3.82. The van der Waals surface area contributed by atoms with E-state index in [-0.39, 0.29) is 18.2 Å². The zero-order chi connectivity index (χ0) is 20.8. The van der Waals surface area contributed by atoms with Crippen LogP contribution in [0.1, 0.15) is 11.1 Å². The van der Waals surface area contributed by atoms with Crippen LogP contribution in [-0.2, 0) is 6.18 Å². The summed E-state index contributed by atoms with van der Waals surface area (Å²) >= 11 is 0. The highest BCUT2D eigenvalue weighted by atomic mass is 19.4. The molecule has 2 aromatic rings. The molecule has 3 N–H and O–H groups in total. The molecule has 0 spiro atoms. The molecule has 4 nitrogen and oxygen atoms in total. The van der Waals surface area contributed by atoms with Crippen LogP contribution >= 0.6 is 0 Å². The topological polar surface area (TPSA) is 59.6 Å². The second kappa shape index (κ2) is 8.56. The molecule has 0 aromatic heterocycles. The molecule has 0 saturated carbocycles. The number of halogens is 6. The molecule has 0 aliphatic heterocycles. The summed E-state index contributed by atoms with van der Waals surface area (Å²) in [6.45, 7) is -0.123. The quantitative estimate of drug-likeness (QED) is 0.347. The van der Waals surface area contributed by atoms with Crippen molar-refractivity contribution < 1.29 is 31.1 Å². The summed E-state index contributed by atoms with van der Waals surface area (Å²) in [5, 5.41) is 2.47. The Morgan fingerprint density at radius 1 is 1.00 bits per heavy atom. The molecule has 0 aliphatic rings. The van der Waals surface area contributed by atoms with Crippen LogP contribution in [-0.4, -0.2) is 18.9 Å². The number of hydrogen-bond donors (Lipinski definition) is 2. The molecular formula is C18H13F6N3O. The van der Waals surface area contributed by atoms with E-state index in [9.17, 15) is 26.3 Å². The molecule has 2 rings (SSSR count). The highest BCUT2D eigenvalue weighted by Crippen LogP contribution is 2.30. The Hall–Kier alpha value is -3.35. The molecule has 0 unspecified atom stereocenters. The minimum absolute atomic E-state index is 0.0447. The molecule has 0 bridgehead atoms. The van der Waals surface area contributed by atoms with Gasteiger partial charge in [0.1, 0.15) is 6.54 Å². The minimum atomic E-state index is -4.86. The number of hydrogen-bond acceptors (Lipinski definition) is 2. The summed E-state index contributed by atoms with van der Waals surface area (Å²) in [6, 6.07) is 9.49. The maximum Gasteiger partial charge on any atom is 0.573 e. The Morgan fingerprint density at radius 3 is 2.25 bits per heavy atom. The van der Waals surface area contributed by atoms with Gasteiger partial charge in [-0.15, -0.1) is 13.2 Å². The first-order valence-corrected chi connectivity index (χ1v) is 7.62. The molecule has 28 heavy (non-hydrogen) atoms. The number of aliphatic imine (C=N–C) groups is 1. The molecule has 0 fully saturated rings. The Morgan fingerprint density at radius 2 is 1.64 bits per heavy atom. The third-order valence-corrected chi connectivity index (χ3v) is 3.15. The van der Waals surface area contributed by atoms with Crippen molar-refractivity contribution >= 4 is 11.6 Å². The van der Waals surface area contributed by atoms with Crippen molar-refractivity contribution in [3.05, 3.63) is 59.7 Å². The number of alkyl halides is 6. The number of ether oxygens (including phenoxy) is 1. The van der Waals surface area contributed by atoms with Gasteiger partial charge in [0.25, 0.3) is 0 Å². The van der Waals surface area contributed by atoms with Gasteiger partial charge in [-0.3, -0.25) is 0 Å². The van der Waals surface area contributed by atoms with Crippen molar-refractivity contribution in [3.8, 4) is 17.6 Å². The maximum atomic E-state index is 12.5. The highest BCUT2D eigenvalue weighted by Gasteiger charge is 2.32. The summed E-state index contributed by atoms with van der Waals surface area (Å²) in [6.07, 6.45) is -9.29. The summed E-state index contributed by atoms with van der Waals surface area (Å²) in [5.41, 5.74) is 5.11. The van der Waals surface area contributed by atoms with Crippen LogP contribution in [0, 0.1) is 11.8 Å². The first-order valence-electron chi connectivity index (χ1n) is 7.62. The fraction of sp³-hybridized carbons (Fsp3) is 0.167. The monoisotopic (exact) mass is 401 g/mol. The van der Waals surface area contributed by atoms with Crippen molar-refractivity contribution in [2.24, 2.45) is 10.7 Å². The first-order chi connectivity index (χ1) is 13.0. The fourth-order valence-corrected chi connectivity index (χ4v) is 1.97. The van der Waals surface area contributed by atoms with Crippen molar-refractivity contribution in [2.75, 3.05) is 11.9 Å². The molecule has 0 amide bonds. The molecule has 2 aromatic carbocycles. The van der Waals surface area contributed by atoms with Gasteiger partial charge < -0.3 is 15.8 Å². The van der Waals surface area contributed by atoms with E-state index >= 15 is 0 Å². The molecule has 0 aliphatic carbocycles. The molecule has 0 saturated heterocycles. The molecule has 0 heterocycles. The third-order valence-electron chi connectivity index (χ3n) is 3.15. The summed E-state index contributed by atoms with van der Waals surface area (Å²) in [7, 11) is 0. The van der Waals surface area contributed by atoms with Crippen LogP contribution in [0.2, 0.25) is 0 Å². The Kier molecular flexibility index (Phi) is 6.41. The number of anilines is 1. The van der Waals surface area contributed by atoms with E-state index in [1.54, 1.807) is 0 Å². The van der Waals surface area contributed by atoms with Crippen molar-refractivity contribution in [1.29, 1.82) is 0 Å². The Balaban J connectivity index is 1.99. The van der Waals surface area contributed by atoms with Gasteiger partial charge in [0, 0.05) is 5.56 Å². The predicted molar refractivity (Wildman–Crippen MR) is 91.6 cm³/mol. The number of benzene rings is 2. The SMILES string of the molecule is NC(=NCC#Cc1ccc(C(F)(F)F)cc1)Nc1ccccc1OC(F)(F)F. The van der Waals surface area contributed by atoms with Crippen molar-refractivity contribution in [1.82, 2.24) is 0 Å². The maximum absolute atomic E-state index is 12.5. The zero-order valence-electron chi connectivity index (χ0n) is 14.0. The Bertz CT molecular complexity index is 893. The van der Waals surface area contributed by atoms with Gasteiger partial charge in [-0.25, -0.2) is 4.99 Å². The van der Waals surface area contributed by atoms with E-state index in [0.29, 0.717) is 5.56 Å². The highest BCUT2D eigenvalue weighted by molar-refractivity contribution is 5.93. The van der Waals surface area contributed by atoms with Crippen LogP contribution in [0.15, 0.2) is 53.5 Å². The van der Waals surface area contributed by atoms with E-state index in [1.165, 1.54) is 30.3 Å². The van der Waals surface area contributed by atoms with E-state index in [1.807, 2.05) is 0 Å². The summed E-state index contributed by atoms with van der Waals surface area (Å²) < 4.78 is 78.4. The van der Waals surface area contributed by atoms with Gasteiger partial charge in [0.2, 0.25) is 0 Å². The Labute approximate surface area is 156 Å². The van der Waals surface area contributed by atoms with Crippen LogP contribution in [0.25, 0.3) is 0 Å². The third kappa shape index (κ3) is 6.75. The van der Waals surface area contributed by atoms with Gasteiger partial charge >= 0.3 is 12.5 Å². The second-order valence-electron chi connectivity index (χ2n) is 5.25. The van der Waals surface area contributed by atoms with E-state index in [0.717, 1.165) is 18.2 Å². The van der Waals surface area contributed by atoms with Gasteiger partial charge in [-0.1, -0.05) is 24.0 Å². The largest absolute Gasteiger partial charge is 0.573 e. The van der Waals surface area contributed by atoms with Crippen molar-refractivity contribution in [3.63, 3.8) is 0 Å². The zero-order valence-corrected chi connectivity index (χ0v) is 14.0. The van der Waals surface area contributed by atoms with Crippen LogP contribution in [0.5, 0.6) is 5.75 Å². The van der Waals surface area contributed by atoms with Gasteiger partial charge in [0.15, 0.2) is 11.7 Å². The fourth-order valence-electron chi connectivity index (χ4n) is 1.97. The second-order valence-corrected chi connectivity index (χ2v) is 5.25. The van der Waals surface area contributed by atoms with Crippen LogP contribution in [0.4, 0.5) is 32.0 Å². The minimum Gasteiger partial charge on any atom is -0.404 e. The average molecular weight is 401 g/mol. The lowest BCUT2D eigenvalue weighted by molar-refractivity contribution is -0.274. The number of para-hydroxylation sites is 2. The van der Waals surface area contributed by atoms with Gasteiger partial charge in [0.05, 0.1) is 11.3 Å². The lowest BCUT2D eigenvalue weighted by atomic mass is 10.1. The standard InChI is InChI=1S/C18H13F6N3O/c19-17(20,21)13-9-7-12(8-10-13)4-3-11-26-16(25)27-14-5-1-2-6-15(14)28-18(22,23)24/h1-2,5-10H,11H2,(H3,25,26,27). The van der Waals surface area contributed by atoms with E-state index in [4.69, 9.17) is 5.73 Å². The first kappa shape index (κ1) is 21.0. The van der Waals surface area contributed by atoms with Crippen molar-refractivity contribution in [2.45, 2.75) is 12.5 Å². The van der Waals surface area contributed by atoms with E-state index in [2.05, 4.69) is 26.9 Å². The molecule has 10 heteroatoms. The van der Waals surface area contributed by atoms with Gasteiger partial charge in [-0.2, -0.15) is 13.2 Å². The number of rotatable bonds is 3. The predicted octanol–water partition coefficient (Wildman–Crippen LogP) is 4.38. The normalized spacial score (nSPS) is 12.1.